The van der Waals surface area contributed by atoms with E-state index in [9.17, 15) is 0 Å². The predicted molar refractivity (Wildman–Crippen MR) is 97.2 cm³/mol. The van der Waals surface area contributed by atoms with E-state index in [-0.39, 0.29) is 0 Å². The maximum Gasteiger partial charge on any atom is 0.00973 e. The van der Waals surface area contributed by atoms with Crippen molar-refractivity contribution in [3.05, 3.63) is 60.7 Å². The van der Waals surface area contributed by atoms with Crippen LogP contribution in [-0.4, -0.2) is 6.54 Å². The first-order chi connectivity index (χ1) is 10.8. The van der Waals surface area contributed by atoms with Crippen LogP contribution in [0.15, 0.2) is 60.7 Å². The normalized spacial score (nSPS) is 11.0. The summed E-state index contributed by atoms with van der Waals surface area (Å²) < 4.78 is 0. The molecule has 0 fully saturated rings. The zero-order valence-corrected chi connectivity index (χ0v) is 13.0. The van der Waals surface area contributed by atoms with Crippen molar-refractivity contribution in [3.63, 3.8) is 0 Å². The summed E-state index contributed by atoms with van der Waals surface area (Å²) in [5, 5.41) is 8.14. The lowest BCUT2D eigenvalue weighted by Gasteiger charge is -2.09. The number of hydrogen-bond acceptors (Lipinski definition) is 2. The van der Waals surface area contributed by atoms with Gasteiger partial charge in [0.1, 0.15) is 0 Å². The Bertz CT molecular complexity index is 733. The molecule has 0 unspecified atom stereocenters. The molecule has 0 aromatic heterocycles. The number of unbranched alkanes of at least 4 members (excludes halogenated alkanes) is 1. The topological polar surface area (TPSA) is 38.0 Å². The van der Waals surface area contributed by atoms with Crippen molar-refractivity contribution in [1.29, 1.82) is 0 Å². The fourth-order valence-corrected chi connectivity index (χ4v) is 2.95. The molecule has 4 rings (SSSR count). The van der Waals surface area contributed by atoms with Crippen LogP contribution in [0.4, 0.5) is 0 Å². The molecule has 0 spiro atoms. The average Bonchev–Trinajstić information content (AvgIpc) is 2.59. The van der Waals surface area contributed by atoms with Crippen molar-refractivity contribution in [1.82, 2.24) is 5.43 Å². The highest BCUT2D eigenvalue weighted by Gasteiger charge is 2.05. The Morgan fingerprint density at radius 2 is 1.14 bits per heavy atom. The van der Waals surface area contributed by atoms with E-state index < -0.39 is 0 Å². The molecule has 112 valence electrons. The number of rotatable bonds is 3. The summed E-state index contributed by atoms with van der Waals surface area (Å²) in [5.74, 6) is 4.96. The van der Waals surface area contributed by atoms with Gasteiger partial charge in [-0.15, -0.1) is 0 Å². The van der Waals surface area contributed by atoms with E-state index in [1.54, 1.807) is 0 Å². The SMILES string of the molecule is CCCCNN.c1cc2ccc3cccc4ccc(c1)c2c34. The standard InChI is InChI=1S/C16H10.C4H12N2/c1-3-11-7-9-13-5-2-6-14-10-8-12(4-1)15(11)16(13)14;1-2-3-4-6-5/h1-10H;6H,2-5H2,1H3. The maximum atomic E-state index is 4.96. The zero-order chi connectivity index (χ0) is 15.4. The molecule has 0 aliphatic heterocycles. The highest BCUT2D eigenvalue weighted by atomic mass is 15.2. The minimum Gasteiger partial charge on any atom is -0.271 e. The third kappa shape index (κ3) is 2.76. The van der Waals surface area contributed by atoms with E-state index >= 15 is 0 Å². The van der Waals surface area contributed by atoms with Crippen molar-refractivity contribution in [2.75, 3.05) is 6.54 Å². The summed E-state index contributed by atoms with van der Waals surface area (Å²) in [5.41, 5.74) is 2.57. The van der Waals surface area contributed by atoms with Gasteiger partial charge in [0.15, 0.2) is 0 Å². The van der Waals surface area contributed by atoms with Gasteiger partial charge < -0.3 is 0 Å². The number of nitrogens with two attached hydrogens (primary N) is 1. The molecule has 0 saturated carbocycles. The molecule has 0 saturated heterocycles. The van der Waals surface area contributed by atoms with E-state index in [2.05, 4.69) is 73.0 Å². The number of benzene rings is 4. The van der Waals surface area contributed by atoms with Gasteiger partial charge in [0, 0.05) is 6.54 Å². The molecule has 3 N–H and O–H groups in total. The van der Waals surface area contributed by atoms with Crippen LogP contribution in [0.1, 0.15) is 19.8 Å². The highest BCUT2D eigenvalue weighted by Crippen LogP contribution is 2.33. The second-order valence-electron chi connectivity index (χ2n) is 5.60. The molecular formula is C20H22N2. The Morgan fingerprint density at radius 3 is 1.41 bits per heavy atom. The second kappa shape index (κ2) is 6.73. The highest BCUT2D eigenvalue weighted by molar-refractivity contribution is 6.22. The summed E-state index contributed by atoms with van der Waals surface area (Å²) >= 11 is 0. The lowest BCUT2D eigenvalue weighted by molar-refractivity contribution is 0.669. The molecular weight excluding hydrogens is 268 g/mol. The van der Waals surface area contributed by atoms with Crippen molar-refractivity contribution in [2.24, 2.45) is 5.84 Å². The molecule has 0 bridgehead atoms. The van der Waals surface area contributed by atoms with Crippen LogP contribution < -0.4 is 11.3 Å². The molecule has 4 aromatic carbocycles. The van der Waals surface area contributed by atoms with Crippen LogP contribution in [-0.2, 0) is 0 Å². The quantitative estimate of drug-likeness (QED) is 0.245. The van der Waals surface area contributed by atoms with Gasteiger partial charge >= 0.3 is 0 Å². The van der Waals surface area contributed by atoms with E-state index in [0.717, 1.165) is 6.54 Å². The average molecular weight is 290 g/mol. The smallest absolute Gasteiger partial charge is 0.00973 e. The van der Waals surface area contributed by atoms with E-state index in [1.165, 1.54) is 45.2 Å². The number of hydrogen-bond donors (Lipinski definition) is 2. The Kier molecular flexibility index (Phi) is 4.52. The molecule has 0 amide bonds. The minimum atomic E-state index is 0.941. The van der Waals surface area contributed by atoms with Gasteiger partial charge in [-0.1, -0.05) is 74.0 Å². The van der Waals surface area contributed by atoms with Crippen LogP contribution in [0.5, 0.6) is 0 Å². The Balaban J connectivity index is 0.000000209. The molecule has 2 nitrogen and oxygen atoms in total. The van der Waals surface area contributed by atoms with Gasteiger partial charge in [0.2, 0.25) is 0 Å². The fourth-order valence-electron chi connectivity index (χ4n) is 2.95. The Labute approximate surface area is 131 Å². The van der Waals surface area contributed by atoms with Gasteiger partial charge in [-0.05, 0) is 38.7 Å². The fraction of sp³-hybridized carbons (Fsp3) is 0.200. The first kappa shape index (κ1) is 14.8. The third-order valence-corrected chi connectivity index (χ3v) is 4.07. The summed E-state index contributed by atoms with van der Waals surface area (Å²) in [6.07, 6.45) is 2.39. The molecule has 22 heavy (non-hydrogen) atoms. The predicted octanol–water partition coefficient (Wildman–Crippen LogP) is 4.83. The monoisotopic (exact) mass is 290 g/mol. The van der Waals surface area contributed by atoms with Gasteiger partial charge in [-0.25, -0.2) is 0 Å². The second-order valence-corrected chi connectivity index (χ2v) is 5.60. The molecule has 0 aliphatic carbocycles. The molecule has 4 aromatic rings. The summed E-state index contributed by atoms with van der Waals surface area (Å²) in [4.78, 5) is 0. The lowest BCUT2D eigenvalue weighted by Crippen LogP contribution is -2.22. The van der Waals surface area contributed by atoms with Crippen LogP contribution in [0, 0.1) is 0 Å². The van der Waals surface area contributed by atoms with Crippen molar-refractivity contribution >= 4 is 32.3 Å². The van der Waals surface area contributed by atoms with Crippen LogP contribution in [0.3, 0.4) is 0 Å². The van der Waals surface area contributed by atoms with Crippen LogP contribution >= 0.6 is 0 Å². The first-order valence-electron chi connectivity index (χ1n) is 7.91. The third-order valence-electron chi connectivity index (χ3n) is 4.07. The molecule has 0 aliphatic rings. The van der Waals surface area contributed by atoms with Crippen molar-refractivity contribution < 1.29 is 0 Å². The zero-order valence-electron chi connectivity index (χ0n) is 13.0. The maximum absolute atomic E-state index is 4.96. The largest absolute Gasteiger partial charge is 0.271 e. The summed E-state index contributed by atoms with van der Waals surface area (Å²) in [6, 6.07) is 21.9. The lowest BCUT2D eigenvalue weighted by atomic mass is 9.95. The van der Waals surface area contributed by atoms with Gasteiger partial charge in [0.25, 0.3) is 0 Å². The van der Waals surface area contributed by atoms with Gasteiger partial charge in [-0.2, -0.15) is 0 Å². The molecule has 0 atom stereocenters. The summed E-state index contributed by atoms with van der Waals surface area (Å²) in [7, 11) is 0. The van der Waals surface area contributed by atoms with Crippen molar-refractivity contribution in [3.8, 4) is 0 Å². The number of nitrogens with one attached hydrogen (secondary N) is 1. The summed E-state index contributed by atoms with van der Waals surface area (Å²) in [6.45, 7) is 3.08. The van der Waals surface area contributed by atoms with E-state index in [4.69, 9.17) is 5.84 Å². The van der Waals surface area contributed by atoms with E-state index in [1.807, 2.05) is 0 Å². The Morgan fingerprint density at radius 1 is 0.727 bits per heavy atom. The van der Waals surface area contributed by atoms with Crippen LogP contribution in [0.2, 0.25) is 0 Å². The van der Waals surface area contributed by atoms with E-state index in [0.29, 0.717) is 0 Å². The van der Waals surface area contributed by atoms with Crippen molar-refractivity contribution in [2.45, 2.75) is 19.8 Å². The molecule has 0 radical (unpaired) electrons. The first-order valence-corrected chi connectivity index (χ1v) is 7.91. The molecule has 0 heterocycles. The Hall–Kier alpha value is -2.16. The van der Waals surface area contributed by atoms with Gasteiger partial charge in [-0.3, -0.25) is 11.3 Å². The van der Waals surface area contributed by atoms with Crippen LogP contribution in [0.25, 0.3) is 32.3 Å². The van der Waals surface area contributed by atoms with Gasteiger partial charge in [0.05, 0.1) is 0 Å². The number of hydrazine groups is 1. The molecule has 2 heteroatoms. The minimum absolute atomic E-state index is 0.941.